The average molecular weight is 391 g/mol. The van der Waals surface area contributed by atoms with E-state index < -0.39 is 5.82 Å². The minimum atomic E-state index is -0.523. The molecule has 3 amide bonds. The van der Waals surface area contributed by atoms with E-state index in [1.54, 1.807) is 4.90 Å². The molecule has 0 unspecified atom stereocenters. The van der Waals surface area contributed by atoms with Gasteiger partial charge in [-0.1, -0.05) is 17.7 Å². The van der Waals surface area contributed by atoms with Gasteiger partial charge in [0.1, 0.15) is 5.82 Å². The number of rotatable bonds is 3. The molecule has 8 heteroatoms. The largest absolute Gasteiger partial charge is 0.368 e. The second-order valence-electron chi connectivity index (χ2n) is 6.26. The highest BCUT2D eigenvalue weighted by Gasteiger charge is 2.21. The Labute approximate surface area is 161 Å². The Morgan fingerprint density at radius 1 is 1.00 bits per heavy atom. The van der Waals surface area contributed by atoms with Crippen molar-refractivity contribution in [3.05, 3.63) is 53.3 Å². The molecule has 0 bridgehead atoms. The van der Waals surface area contributed by atoms with Crippen molar-refractivity contribution < 1.29 is 14.0 Å². The Morgan fingerprint density at radius 2 is 1.70 bits per heavy atom. The number of halogens is 2. The van der Waals surface area contributed by atoms with Crippen molar-refractivity contribution in [1.82, 2.24) is 4.90 Å². The van der Waals surface area contributed by atoms with Crippen LogP contribution in [-0.2, 0) is 4.79 Å². The zero-order valence-electron chi connectivity index (χ0n) is 14.8. The Hall–Kier alpha value is -2.80. The summed E-state index contributed by atoms with van der Waals surface area (Å²) in [5.41, 5.74) is 2.19. The normalized spacial score (nSPS) is 14.0. The molecule has 1 aliphatic rings. The number of anilines is 3. The van der Waals surface area contributed by atoms with E-state index in [1.807, 2.05) is 24.3 Å². The molecule has 0 aliphatic carbocycles. The fourth-order valence-electron chi connectivity index (χ4n) is 2.93. The number of hydrogen-bond donors (Lipinski definition) is 2. The van der Waals surface area contributed by atoms with Crippen LogP contribution in [0.15, 0.2) is 42.5 Å². The second-order valence-corrected chi connectivity index (χ2v) is 6.67. The van der Waals surface area contributed by atoms with Crippen LogP contribution in [-0.4, -0.2) is 43.0 Å². The number of amides is 3. The maximum atomic E-state index is 13.2. The Balaban J connectivity index is 1.57. The van der Waals surface area contributed by atoms with Crippen LogP contribution >= 0.6 is 11.6 Å². The smallest absolute Gasteiger partial charge is 0.321 e. The van der Waals surface area contributed by atoms with E-state index in [1.165, 1.54) is 25.1 Å². The second kappa shape index (κ2) is 8.26. The van der Waals surface area contributed by atoms with E-state index in [0.29, 0.717) is 31.9 Å². The first kappa shape index (κ1) is 19.0. The summed E-state index contributed by atoms with van der Waals surface area (Å²) >= 11 is 5.74. The summed E-state index contributed by atoms with van der Waals surface area (Å²) in [6.45, 7) is 3.90. The van der Waals surface area contributed by atoms with Gasteiger partial charge in [0.2, 0.25) is 5.91 Å². The van der Waals surface area contributed by atoms with Crippen LogP contribution in [0.25, 0.3) is 0 Å². The van der Waals surface area contributed by atoms with E-state index in [2.05, 4.69) is 15.5 Å². The number of piperazine rings is 1. The first-order valence-corrected chi connectivity index (χ1v) is 8.94. The van der Waals surface area contributed by atoms with Gasteiger partial charge in [0, 0.05) is 50.2 Å². The molecule has 142 valence electrons. The van der Waals surface area contributed by atoms with Gasteiger partial charge in [-0.15, -0.1) is 0 Å². The third kappa shape index (κ3) is 4.89. The van der Waals surface area contributed by atoms with Gasteiger partial charge < -0.3 is 20.4 Å². The zero-order valence-corrected chi connectivity index (χ0v) is 15.6. The summed E-state index contributed by atoms with van der Waals surface area (Å²) in [6, 6.07) is 11.4. The quantitative estimate of drug-likeness (QED) is 0.838. The number of nitrogens with one attached hydrogen (secondary N) is 2. The first-order chi connectivity index (χ1) is 12.9. The van der Waals surface area contributed by atoms with Crippen molar-refractivity contribution >= 4 is 40.6 Å². The number of hydrogen-bond acceptors (Lipinski definition) is 3. The van der Waals surface area contributed by atoms with Gasteiger partial charge >= 0.3 is 6.03 Å². The first-order valence-electron chi connectivity index (χ1n) is 8.56. The fourth-order valence-corrected chi connectivity index (χ4v) is 3.11. The van der Waals surface area contributed by atoms with Crippen LogP contribution in [0.2, 0.25) is 5.02 Å². The molecule has 2 aromatic carbocycles. The Morgan fingerprint density at radius 3 is 2.37 bits per heavy atom. The lowest BCUT2D eigenvalue weighted by molar-refractivity contribution is -0.114. The van der Waals surface area contributed by atoms with Crippen LogP contribution < -0.4 is 15.5 Å². The number of urea groups is 1. The molecule has 3 rings (SSSR count). The van der Waals surface area contributed by atoms with Crippen molar-refractivity contribution in [2.45, 2.75) is 6.92 Å². The number of nitrogens with zero attached hydrogens (tertiary/aromatic N) is 2. The maximum Gasteiger partial charge on any atom is 0.321 e. The topological polar surface area (TPSA) is 64.7 Å². The van der Waals surface area contributed by atoms with E-state index >= 15 is 0 Å². The lowest BCUT2D eigenvalue weighted by Gasteiger charge is -2.36. The molecule has 2 aromatic rings. The van der Waals surface area contributed by atoms with Crippen LogP contribution in [0.3, 0.4) is 0 Å². The van der Waals surface area contributed by atoms with Gasteiger partial charge in [-0.05, 0) is 36.4 Å². The zero-order chi connectivity index (χ0) is 19.4. The molecule has 0 spiro atoms. The third-order valence-corrected chi connectivity index (χ3v) is 4.56. The monoisotopic (exact) mass is 390 g/mol. The predicted octanol–water partition coefficient (Wildman–Crippen LogP) is 3.79. The fraction of sp³-hybridized carbons (Fsp3) is 0.263. The van der Waals surface area contributed by atoms with Crippen molar-refractivity contribution in [1.29, 1.82) is 0 Å². The molecule has 1 fully saturated rings. The van der Waals surface area contributed by atoms with E-state index in [-0.39, 0.29) is 17.0 Å². The van der Waals surface area contributed by atoms with Crippen LogP contribution in [0.5, 0.6) is 0 Å². The molecule has 0 atom stereocenters. The van der Waals surface area contributed by atoms with Crippen molar-refractivity contribution in [3.63, 3.8) is 0 Å². The summed E-state index contributed by atoms with van der Waals surface area (Å²) < 4.78 is 13.2. The maximum absolute atomic E-state index is 13.2. The summed E-state index contributed by atoms with van der Waals surface area (Å²) in [4.78, 5) is 27.5. The molecular weight excluding hydrogens is 371 g/mol. The molecule has 1 saturated heterocycles. The highest BCUT2D eigenvalue weighted by molar-refractivity contribution is 6.31. The molecule has 0 radical (unpaired) electrons. The summed E-state index contributed by atoms with van der Waals surface area (Å²) in [7, 11) is 0. The molecule has 1 aliphatic heterocycles. The Bertz CT molecular complexity index is 853. The van der Waals surface area contributed by atoms with Crippen LogP contribution in [0.1, 0.15) is 6.92 Å². The minimum Gasteiger partial charge on any atom is -0.368 e. The number of benzene rings is 2. The predicted molar refractivity (Wildman–Crippen MR) is 105 cm³/mol. The number of carbonyl (C=O) groups is 2. The van der Waals surface area contributed by atoms with Gasteiger partial charge in [-0.2, -0.15) is 0 Å². The standard InChI is InChI=1S/C19H20ClFN4O2/c1-13(26)22-14-3-2-4-16(11-14)24-7-9-25(10-8-24)19(27)23-15-5-6-18(21)17(20)12-15/h2-6,11-12H,7-10H2,1H3,(H,22,26)(H,23,27). The van der Waals surface area contributed by atoms with Crippen molar-refractivity contribution in [2.75, 3.05) is 41.7 Å². The van der Waals surface area contributed by atoms with Gasteiger partial charge in [0.05, 0.1) is 5.02 Å². The molecule has 2 N–H and O–H groups in total. The lowest BCUT2D eigenvalue weighted by atomic mass is 10.2. The minimum absolute atomic E-state index is 0.0309. The van der Waals surface area contributed by atoms with E-state index in [9.17, 15) is 14.0 Å². The SMILES string of the molecule is CC(=O)Nc1cccc(N2CCN(C(=O)Nc3ccc(F)c(Cl)c3)CC2)c1. The van der Waals surface area contributed by atoms with Crippen LogP contribution in [0, 0.1) is 5.82 Å². The third-order valence-electron chi connectivity index (χ3n) is 4.27. The van der Waals surface area contributed by atoms with Gasteiger partial charge in [0.15, 0.2) is 0 Å². The molecular formula is C19H20ClFN4O2. The van der Waals surface area contributed by atoms with Crippen molar-refractivity contribution in [2.24, 2.45) is 0 Å². The molecule has 0 saturated carbocycles. The number of carbonyl (C=O) groups excluding carboxylic acids is 2. The van der Waals surface area contributed by atoms with Gasteiger partial charge in [-0.25, -0.2) is 9.18 Å². The molecule has 1 heterocycles. The van der Waals surface area contributed by atoms with Gasteiger partial charge in [-0.3, -0.25) is 4.79 Å². The molecule has 27 heavy (non-hydrogen) atoms. The van der Waals surface area contributed by atoms with Crippen LogP contribution in [0.4, 0.5) is 26.2 Å². The van der Waals surface area contributed by atoms with E-state index in [4.69, 9.17) is 11.6 Å². The Kier molecular flexibility index (Phi) is 5.81. The van der Waals surface area contributed by atoms with E-state index in [0.717, 1.165) is 11.4 Å². The summed E-state index contributed by atoms with van der Waals surface area (Å²) in [6.07, 6.45) is 0. The highest BCUT2D eigenvalue weighted by atomic mass is 35.5. The van der Waals surface area contributed by atoms with Gasteiger partial charge in [0.25, 0.3) is 0 Å². The average Bonchev–Trinajstić information content (AvgIpc) is 2.64. The summed E-state index contributed by atoms with van der Waals surface area (Å²) in [5, 5.41) is 5.47. The van der Waals surface area contributed by atoms with Crippen molar-refractivity contribution in [3.8, 4) is 0 Å². The molecule has 0 aromatic heterocycles. The lowest BCUT2D eigenvalue weighted by Crippen LogP contribution is -2.50. The summed E-state index contributed by atoms with van der Waals surface area (Å²) in [5.74, 6) is -0.640. The molecule has 6 nitrogen and oxygen atoms in total. The highest BCUT2D eigenvalue weighted by Crippen LogP contribution is 2.22.